The Morgan fingerprint density at radius 3 is 2.39 bits per heavy atom. The zero-order valence-electron chi connectivity index (χ0n) is 15.1. The van der Waals surface area contributed by atoms with Crippen LogP contribution in [-0.4, -0.2) is 58.1 Å². The van der Waals surface area contributed by atoms with E-state index >= 15 is 0 Å². The van der Waals surface area contributed by atoms with Crippen LogP contribution in [0.5, 0.6) is 0 Å². The first-order valence-corrected chi connectivity index (χ1v) is 9.18. The molecule has 144 valence electrons. The second kappa shape index (κ2) is 7.09. The summed E-state index contributed by atoms with van der Waals surface area (Å²) >= 11 is 0. The summed E-state index contributed by atoms with van der Waals surface area (Å²) in [6.07, 6.45) is 1.68. The molecule has 1 saturated heterocycles. The van der Waals surface area contributed by atoms with Gasteiger partial charge < -0.3 is 20.4 Å². The van der Waals surface area contributed by atoms with Crippen molar-refractivity contribution < 1.29 is 24.6 Å². The number of amides is 1. The van der Waals surface area contributed by atoms with Gasteiger partial charge in [-0.1, -0.05) is 30.3 Å². The Bertz CT molecular complexity index is 971. The predicted octanol–water partition coefficient (Wildman–Crippen LogP) is 1.40. The Morgan fingerprint density at radius 1 is 0.929 bits per heavy atom. The molecule has 1 heterocycles. The highest BCUT2D eigenvalue weighted by molar-refractivity contribution is 5.99. The van der Waals surface area contributed by atoms with Crippen LogP contribution in [0.15, 0.2) is 42.5 Å². The summed E-state index contributed by atoms with van der Waals surface area (Å²) in [7, 11) is 0. The van der Waals surface area contributed by atoms with Crippen molar-refractivity contribution in [1.29, 1.82) is 0 Å². The van der Waals surface area contributed by atoms with Gasteiger partial charge in [-0.3, -0.25) is 9.59 Å². The van der Waals surface area contributed by atoms with Crippen LogP contribution in [0.3, 0.4) is 0 Å². The van der Waals surface area contributed by atoms with Crippen LogP contribution >= 0.6 is 0 Å². The summed E-state index contributed by atoms with van der Waals surface area (Å²) in [6.45, 7) is 0.365. The van der Waals surface area contributed by atoms with Gasteiger partial charge in [-0.15, -0.1) is 0 Å². The summed E-state index contributed by atoms with van der Waals surface area (Å²) < 4.78 is 0. The SMILES string of the molecule is O=C(O)[C@H]1NCCN(C(=O)c2ccc3c(c2)CCc2ccccc2-3)[C@H]1C(=O)O. The van der Waals surface area contributed by atoms with Gasteiger partial charge in [-0.25, -0.2) is 4.79 Å². The van der Waals surface area contributed by atoms with Crippen molar-refractivity contribution in [2.45, 2.75) is 24.9 Å². The lowest BCUT2D eigenvalue weighted by Gasteiger charge is -2.37. The number of carbonyl (C=O) groups is 3. The lowest BCUT2D eigenvalue weighted by molar-refractivity contribution is -0.152. The molecule has 3 N–H and O–H groups in total. The number of carboxylic acid groups (broad SMARTS) is 2. The van der Waals surface area contributed by atoms with Gasteiger partial charge in [0.2, 0.25) is 0 Å². The molecule has 2 aromatic carbocycles. The molecule has 2 aliphatic rings. The van der Waals surface area contributed by atoms with Gasteiger partial charge in [0.15, 0.2) is 6.04 Å². The van der Waals surface area contributed by atoms with Crippen molar-refractivity contribution in [3.05, 3.63) is 59.2 Å². The van der Waals surface area contributed by atoms with Gasteiger partial charge in [0, 0.05) is 18.7 Å². The van der Waals surface area contributed by atoms with E-state index in [9.17, 15) is 24.6 Å². The number of hydrogen-bond acceptors (Lipinski definition) is 4. The molecule has 2 atom stereocenters. The smallest absolute Gasteiger partial charge is 0.328 e. The number of fused-ring (bicyclic) bond motifs is 3. The molecule has 0 saturated carbocycles. The standard InChI is InChI=1S/C21H20N2O5/c24-19(23-10-9-22-17(20(25)26)18(23)21(27)28)14-7-8-16-13(11-14)6-5-12-3-1-2-4-15(12)16/h1-4,7-8,11,17-18,22H,5-6,9-10H2,(H,25,26)(H,27,28)/t17-,18+/m0/s1. The van der Waals surface area contributed by atoms with E-state index in [1.165, 1.54) is 5.56 Å². The van der Waals surface area contributed by atoms with Crippen LogP contribution in [0.25, 0.3) is 11.1 Å². The van der Waals surface area contributed by atoms with Gasteiger partial charge in [-0.05, 0) is 47.2 Å². The monoisotopic (exact) mass is 380 g/mol. The van der Waals surface area contributed by atoms with Crippen LogP contribution in [-0.2, 0) is 22.4 Å². The predicted molar refractivity (Wildman–Crippen MR) is 101 cm³/mol. The van der Waals surface area contributed by atoms with Crippen LogP contribution in [0.4, 0.5) is 0 Å². The first-order chi connectivity index (χ1) is 13.5. The van der Waals surface area contributed by atoms with E-state index in [0.29, 0.717) is 5.56 Å². The van der Waals surface area contributed by atoms with Gasteiger partial charge in [0.05, 0.1) is 0 Å². The van der Waals surface area contributed by atoms with Crippen LogP contribution < -0.4 is 5.32 Å². The third-order valence-electron chi connectivity index (χ3n) is 5.47. The molecule has 0 bridgehead atoms. The lowest BCUT2D eigenvalue weighted by atomic mass is 9.84. The van der Waals surface area contributed by atoms with Crippen LogP contribution in [0.2, 0.25) is 0 Å². The minimum Gasteiger partial charge on any atom is -0.480 e. The lowest BCUT2D eigenvalue weighted by Crippen LogP contribution is -2.65. The topological polar surface area (TPSA) is 107 Å². The number of piperazine rings is 1. The Morgan fingerprint density at radius 2 is 1.64 bits per heavy atom. The number of hydrogen-bond donors (Lipinski definition) is 3. The maximum absolute atomic E-state index is 13.1. The summed E-state index contributed by atoms with van der Waals surface area (Å²) in [6, 6.07) is 10.8. The maximum atomic E-state index is 13.1. The number of nitrogens with one attached hydrogen (secondary N) is 1. The third kappa shape index (κ3) is 3.03. The second-order valence-electron chi connectivity index (χ2n) is 7.08. The molecule has 7 heteroatoms. The molecule has 7 nitrogen and oxygen atoms in total. The molecule has 28 heavy (non-hydrogen) atoms. The number of aliphatic carboxylic acids is 2. The van der Waals surface area contributed by atoms with E-state index in [-0.39, 0.29) is 13.1 Å². The van der Waals surface area contributed by atoms with E-state index < -0.39 is 29.9 Å². The molecule has 0 radical (unpaired) electrons. The van der Waals surface area contributed by atoms with Crippen molar-refractivity contribution in [3.8, 4) is 11.1 Å². The Kier molecular flexibility index (Phi) is 4.60. The summed E-state index contributed by atoms with van der Waals surface area (Å²) in [5.41, 5.74) is 4.93. The van der Waals surface area contributed by atoms with Crippen molar-refractivity contribution in [2.75, 3.05) is 13.1 Å². The van der Waals surface area contributed by atoms with Crippen molar-refractivity contribution in [3.63, 3.8) is 0 Å². The number of carboxylic acids is 2. The zero-order chi connectivity index (χ0) is 19.8. The number of carbonyl (C=O) groups excluding carboxylic acids is 1. The first kappa shape index (κ1) is 18.2. The molecule has 2 aromatic rings. The Labute approximate surface area is 161 Å². The van der Waals surface area contributed by atoms with Gasteiger partial charge in [0.25, 0.3) is 5.91 Å². The summed E-state index contributed by atoms with van der Waals surface area (Å²) in [5.74, 6) is -3.08. The highest BCUT2D eigenvalue weighted by atomic mass is 16.4. The highest BCUT2D eigenvalue weighted by Crippen LogP contribution is 2.34. The molecule has 1 fully saturated rings. The van der Waals surface area contributed by atoms with Gasteiger partial charge in [0.1, 0.15) is 6.04 Å². The van der Waals surface area contributed by atoms with E-state index in [2.05, 4.69) is 17.4 Å². The van der Waals surface area contributed by atoms with Crippen molar-refractivity contribution >= 4 is 17.8 Å². The average molecular weight is 380 g/mol. The normalized spacial score (nSPS) is 20.8. The first-order valence-electron chi connectivity index (χ1n) is 9.18. The zero-order valence-corrected chi connectivity index (χ0v) is 15.1. The molecule has 0 spiro atoms. The van der Waals surface area contributed by atoms with Crippen molar-refractivity contribution in [2.24, 2.45) is 0 Å². The highest BCUT2D eigenvalue weighted by Gasteiger charge is 2.43. The average Bonchev–Trinajstić information content (AvgIpc) is 2.72. The van der Waals surface area contributed by atoms with E-state index in [1.807, 2.05) is 24.3 Å². The summed E-state index contributed by atoms with van der Waals surface area (Å²) in [4.78, 5) is 37.3. The van der Waals surface area contributed by atoms with Crippen LogP contribution in [0.1, 0.15) is 21.5 Å². The molecule has 1 aliphatic carbocycles. The third-order valence-corrected chi connectivity index (χ3v) is 5.47. The van der Waals surface area contributed by atoms with Gasteiger partial charge in [-0.2, -0.15) is 0 Å². The molecule has 0 aromatic heterocycles. The quantitative estimate of drug-likeness (QED) is 0.743. The molecule has 0 unspecified atom stereocenters. The minimum absolute atomic E-state index is 0.138. The van der Waals surface area contributed by atoms with E-state index in [4.69, 9.17) is 0 Å². The fraction of sp³-hybridized carbons (Fsp3) is 0.286. The molecule has 4 rings (SSSR count). The van der Waals surface area contributed by atoms with Crippen LogP contribution in [0, 0.1) is 0 Å². The largest absolute Gasteiger partial charge is 0.480 e. The van der Waals surface area contributed by atoms with Gasteiger partial charge >= 0.3 is 11.9 Å². The summed E-state index contributed by atoms with van der Waals surface area (Å²) in [5, 5.41) is 21.5. The number of nitrogens with zero attached hydrogens (tertiary/aromatic N) is 1. The van der Waals surface area contributed by atoms with E-state index in [1.54, 1.807) is 6.07 Å². The molecule has 1 aliphatic heterocycles. The Balaban J connectivity index is 1.67. The minimum atomic E-state index is -1.45. The number of aryl methyl sites for hydroxylation is 2. The molecule has 1 amide bonds. The molecular formula is C21H20N2O5. The van der Waals surface area contributed by atoms with E-state index in [0.717, 1.165) is 34.4 Å². The number of benzene rings is 2. The fourth-order valence-electron chi connectivity index (χ4n) is 4.13. The Hall–Kier alpha value is -3.19. The fourth-order valence-corrected chi connectivity index (χ4v) is 4.13. The molecular weight excluding hydrogens is 360 g/mol. The maximum Gasteiger partial charge on any atom is 0.328 e. The second-order valence-corrected chi connectivity index (χ2v) is 7.08. The number of rotatable bonds is 3. The van der Waals surface area contributed by atoms with Crippen molar-refractivity contribution in [1.82, 2.24) is 10.2 Å².